The summed E-state index contributed by atoms with van der Waals surface area (Å²) in [6.45, 7) is 9.23. The lowest BCUT2D eigenvalue weighted by Crippen LogP contribution is -2.46. The van der Waals surface area contributed by atoms with Crippen LogP contribution in [0, 0.1) is 0 Å². The summed E-state index contributed by atoms with van der Waals surface area (Å²) in [6.07, 6.45) is 2.55. The minimum atomic E-state index is -0.195. The first kappa shape index (κ1) is 21.3. The Labute approximate surface area is 193 Å². The minimum Gasteiger partial charge on any atom is -0.354 e. The van der Waals surface area contributed by atoms with Crippen molar-refractivity contribution in [3.05, 3.63) is 52.5 Å². The predicted molar refractivity (Wildman–Crippen MR) is 129 cm³/mol. The SMILES string of the molecule is CC1(C)CC(=O)Nc2c(Cl)cc(CCCN3CCN(c4noc5ccccc45)CC3)cc21. The first-order chi connectivity index (χ1) is 15.4. The van der Waals surface area contributed by atoms with E-state index in [2.05, 4.69) is 46.3 Å². The second-order valence-electron chi connectivity index (χ2n) is 9.54. The van der Waals surface area contributed by atoms with Crippen LogP contribution in [0.3, 0.4) is 0 Å². The summed E-state index contributed by atoms with van der Waals surface area (Å²) in [6, 6.07) is 12.3. The number of fused-ring (bicyclic) bond motifs is 2. The van der Waals surface area contributed by atoms with Crippen LogP contribution in [0.4, 0.5) is 11.5 Å². The van der Waals surface area contributed by atoms with E-state index in [4.69, 9.17) is 16.1 Å². The van der Waals surface area contributed by atoms with Crippen LogP contribution in [0.15, 0.2) is 40.9 Å². The molecule has 0 atom stereocenters. The number of rotatable bonds is 5. The molecule has 1 amide bonds. The zero-order valence-corrected chi connectivity index (χ0v) is 19.4. The van der Waals surface area contributed by atoms with Crippen molar-refractivity contribution in [1.29, 1.82) is 0 Å². The molecular weight excluding hydrogens is 424 g/mol. The number of piperazine rings is 1. The van der Waals surface area contributed by atoms with Crippen LogP contribution in [0.1, 0.15) is 37.8 Å². The van der Waals surface area contributed by atoms with E-state index in [1.54, 1.807) is 0 Å². The van der Waals surface area contributed by atoms with E-state index in [-0.39, 0.29) is 11.3 Å². The number of anilines is 2. The number of aromatic nitrogens is 1. The first-order valence-corrected chi connectivity index (χ1v) is 11.7. The molecule has 0 bridgehead atoms. The molecule has 2 aliphatic rings. The van der Waals surface area contributed by atoms with Gasteiger partial charge in [0.2, 0.25) is 5.91 Å². The van der Waals surface area contributed by atoms with E-state index in [9.17, 15) is 4.79 Å². The number of halogens is 1. The fourth-order valence-electron chi connectivity index (χ4n) is 4.94. The molecule has 32 heavy (non-hydrogen) atoms. The van der Waals surface area contributed by atoms with Gasteiger partial charge in [-0.1, -0.05) is 48.8 Å². The van der Waals surface area contributed by atoms with Crippen molar-refractivity contribution < 1.29 is 9.32 Å². The van der Waals surface area contributed by atoms with Gasteiger partial charge >= 0.3 is 0 Å². The number of hydrogen-bond acceptors (Lipinski definition) is 5. The summed E-state index contributed by atoms with van der Waals surface area (Å²) < 4.78 is 5.47. The summed E-state index contributed by atoms with van der Waals surface area (Å²) in [4.78, 5) is 16.8. The van der Waals surface area contributed by atoms with Crippen LogP contribution in [-0.4, -0.2) is 48.7 Å². The molecule has 1 N–H and O–H groups in total. The number of carbonyl (C=O) groups is 1. The van der Waals surface area contributed by atoms with Crippen LogP contribution in [-0.2, 0) is 16.6 Å². The summed E-state index contributed by atoms with van der Waals surface area (Å²) >= 11 is 6.53. The van der Waals surface area contributed by atoms with E-state index in [0.29, 0.717) is 11.4 Å². The quantitative estimate of drug-likeness (QED) is 0.599. The molecule has 0 radical (unpaired) electrons. The zero-order valence-electron chi connectivity index (χ0n) is 18.7. The average molecular weight is 453 g/mol. The molecule has 168 valence electrons. The summed E-state index contributed by atoms with van der Waals surface area (Å²) in [5.41, 5.74) is 3.82. The van der Waals surface area contributed by atoms with Gasteiger partial charge in [-0.05, 0) is 48.7 Å². The van der Waals surface area contributed by atoms with Gasteiger partial charge in [0, 0.05) is 38.0 Å². The molecule has 1 aromatic heterocycles. The van der Waals surface area contributed by atoms with Crippen molar-refractivity contribution in [1.82, 2.24) is 10.1 Å². The van der Waals surface area contributed by atoms with Crippen molar-refractivity contribution in [2.75, 3.05) is 42.9 Å². The maximum atomic E-state index is 12.0. The number of para-hydroxylation sites is 1. The van der Waals surface area contributed by atoms with Gasteiger partial charge in [-0.2, -0.15) is 0 Å². The number of benzene rings is 2. The summed E-state index contributed by atoms with van der Waals surface area (Å²) in [7, 11) is 0. The third kappa shape index (κ3) is 4.09. The smallest absolute Gasteiger partial charge is 0.225 e. The molecule has 6 nitrogen and oxygen atoms in total. The largest absolute Gasteiger partial charge is 0.354 e. The average Bonchev–Trinajstić information content (AvgIpc) is 3.19. The topological polar surface area (TPSA) is 61.6 Å². The van der Waals surface area contributed by atoms with E-state index >= 15 is 0 Å². The molecule has 7 heteroatoms. The molecule has 2 aromatic carbocycles. The van der Waals surface area contributed by atoms with E-state index < -0.39 is 0 Å². The standard InChI is InChI=1S/C25H29ClN4O2/c1-25(2)16-22(31)27-23-19(25)14-17(15-20(23)26)6-5-9-29-10-12-30(13-11-29)24-18-7-3-4-8-21(18)32-28-24/h3-4,7-8,14-15H,5-6,9-13,16H2,1-2H3,(H,27,31). The molecule has 0 saturated carbocycles. The van der Waals surface area contributed by atoms with Gasteiger partial charge in [0.15, 0.2) is 11.4 Å². The third-order valence-electron chi connectivity index (χ3n) is 6.72. The van der Waals surface area contributed by atoms with Gasteiger partial charge in [-0.25, -0.2) is 0 Å². The second-order valence-corrected chi connectivity index (χ2v) is 9.95. The van der Waals surface area contributed by atoms with E-state index in [1.165, 1.54) is 5.56 Å². The van der Waals surface area contributed by atoms with Gasteiger partial charge in [0.25, 0.3) is 0 Å². The number of aryl methyl sites for hydroxylation is 1. The van der Waals surface area contributed by atoms with Crippen LogP contribution >= 0.6 is 11.6 Å². The van der Waals surface area contributed by atoms with Gasteiger partial charge in [-0.3, -0.25) is 9.69 Å². The Hall–Kier alpha value is -2.57. The van der Waals surface area contributed by atoms with Crippen LogP contribution in [0.2, 0.25) is 5.02 Å². The highest BCUT2D eigenvalue weighted by molar-refractivity contribution is 6.34. The normalized spacial score (nSPS) is 18.6. The van der Waals surface area contributed by atoms with E-state index in [1.807, 2.05) is 24.3 Å². The number of amides is 1. The Morgan fingerprint density at radius 2 is 1.94 bits per heavy atom. The van der Waals surface area contributed by atoms with Crippen molar-refractivity contribution in [3.63, 3.8) is 0 Å². The Kier molecular flexibility index (Phi) is 5.59. The monoisotopic (exact) mass is 452 g/mol. The molecule has 2 aliphatic heterocycles. The Bertz CT molecular complexity index is 1150. The van der Waals surface area contributed by atoms with Crippen LogP contribution < -0.4 is 10.2 Å². The number of carbonyl (C=O) groups excluding carboxylic acids is 1. The van der Waals surface area contributed by atoms with Gasteiger partial charge < -0.3 is 14.7 Å². The van der Waals surface area contributed by atoms with Crippen LogP contribution in [0.5, 0.6) is 0 Å². The highest BCUT2D eigenvalue weighted by Gasteiger charge is 2.33. The fourth-order valence-corrected chi connectivity index (χ4v) is 5.23. The summed E-state index contributed by atoms with van der Waals surface area (Å²) in [5.74, 6) is 0.994. The van der Waals surface area contributed by atoms with Gasteiger partial charge in [-0.15, -0.1) is 0 Å². The third-order valence-corrected chi connectivity index (χ3v) is 7.01. The zero-order chi connectivity index (χ0) is 22.3. The second kappa shape index (κ2) is 8.41. The highest BCUT2D eigenvalue weighted by Crippen LogP contribution is 2.41. The lowest BCUT2D eigenvalue weighted by Gasteiger charge is -2.35. The van der Waals surface area contributed by atoms with Crippen molar-refractivity contribution in [2.45, 2.75) is 38.5 Å². The van der Waals surface area contributed by atoms with Crippen molar-refractivity contribution in [2.24, 2.45) is 0 Å². The predicted octanol–water partition coefficient (Wildman–Crippen LogP) is 4.86. The Balaban J connectivity index is 1.17. The van der Waals surface area contributed by atoms with E-state index in [0.717, 1.165) is 73.6 Å². The van der Waals surface area contributed by atoms with Crippen molar-refractivity contribution in [3.8, 4) is 0 Å². The molecule has 3 aromatic rings. The molecule has 1 saturated heterocycles. The Morgan fingerprint density at radius 1 is 1.16 bits per heavy atom. The lowest BCUT2D eigenvalue weighted by atomic mass is 9.77. The molecule has 1 fully saturated rings. The van der Waals surface area contributed by atoms with Crippen molar-refractivity contribution >= 4 is 40.0 Å². The lowest BCUT2D eigenvalue weighted by molar-refractivity contribution is -0.117. The maximum Gasteiger partial charge on any atom is 0.225 e. The van der Waals surface area contributed by atoms with Crippen LogP contribution in [0.25, 0.3) is 11.0 Å². The van der Waals surface area contributed by atoms with Gasteiger partial charge in [0.1, 0.15) is 0 Å². The summed E-state index contributed by atoms with van der Waals surface area (Å²) in [5, 5.41) is 8.98. The minimum absolute atomic E-state index is 0.0370. The number of nitrogens with one attached hydrogen (secondary N) is 1. The molecule has 3 heterocycles. The fraction of sp³-hybridized carbons (Fsp3) is 0.440. The first-order valence-electron chi connectivity index (χ1n) is 11.4. The molecule has 5 rings (SSSR count). The highest BCUT2D eigenvalue weighted by atomic mass is 35.5. The molecule has 0 unspecified atom stereocenters. The maximum absolute atomic E-state index is 12.0. The Morgan fingerprint density at radius 3 is 2.75 bits per heavy atom. The molecule has 0 spiro atoms. The molecule has 0 aliphatic carbocycles. The number of hydrogen-bond donors (Lipinski definition) is 1. The molecular formula is C25H29ClN4O2. The van der Waals surface area contributed by atoms with Gasteiger partial charge in [0.05, 0.1) is 16.1 Å². The number of nitrogens with zero attached hydrogens (tertiary/aromatic N) is 3.